The summed E-state index contributed by atoms with van der Waals surface area (Å²) in [6.45, 7) is 4.76. The minimum absolute atomic E-state index is 0.710. The van der Waals surface area contributed by atoms with E-state index in [2.05, 4.69) is 33.4 Å². The summed E-state index contributed by atoms with van der Waals surface area (Å²) in [6.07, 6.45) is 2.74. The molecule has 0 amide bonds. The number of aryl methyl sites for hydroxylation is 1. The Morgan fingerprint density at radius 1 is 1.27 bits per heavy atom. The molecular formula is C17H18BrClN2O. The molecule has 0 aliphatic rings. The molecule has 0 aliphatic carbocycles. The van der Waals surface area contributed by atoms with E-state index in [0.717, 1.165) is 38.5 Å². The Balaban J connectivity index is 2.00. The van der Waals surface area contributed by atoms with Gasteiger partial charge < -0.3 is 4.74 Å². The smallest absolute Gasteiger partial charge is 0.133 e. The zero-order valence-electron chi connectivity index (χ0n) is 12.6. The molecule has 0 spiro atoms. The minimum atomic E-state index is 0.710. The maximum absolute atomic E-state index is 6.08. The molecule has 116 valence electrons. The molecule has 0 unspecified atom stereocenters. The molecule has 0 fully saturated rings. The standard InChI is InChI=1S/C17H18BrClN2O/c1-3-8-22-17-7-5-13(9-15(17)18)11-20-21-14-6-4-12(2)16(19)10-14/h4-7,9-11,21H,3,8H2,1-2H3/b20-11+. The fraction of sp³-hybridized carbons (Fsp3) is 0.235. The Morgan fingerprint density at radius 3 is 2.77 bits per heavy atom. The van der Waals surface area contributed by atoms with E-state index in [4.69, 9.17) is 16.3 Å². The second-order valence-corrected chi connectivity index (χ2v) is 6.13. The molecule has 22 heavy (non-hydrogen) atoms. The van der Waals surface area contributed by atoms with Crippen LogP contribution in [0.4, 0.5) is 5.69 Å². The molecule has 0 heterocycles. The lowest BCUT2D eigenvalue weighted by atomic mass is 10.2. The molecule has 2 rings (SSSR count). The molecule has 0 radical (unpaired) electrons. The SMILES string of the molecule is CCCOc1ccc(/C=N/Nc2ccc(C)c(Cl)c2)cc1Br. The van der Waals surface area contributed by atoms with Crippen LogP contribution >= 0.6 is 27.5 Å². The molecule has 0 atom stereocenters. The lowest BCUT2D eigenvalue weighted by Gasteiger charge is -2.07. The third-order valence-electron chi connectivity index (χ3n) is 3.00. The van der Waals surface area contributed by atoms with Crippen molar-refractivity contribution in [1.82, 2.24) is 0 Å². The summed E-state index contributed by atoms with van der Waals surface area (Å²) in [5.74, 6) is 0.845. The van der Waals surface area contributed by atoms with Gasteiger partial charge in [0, 0.05) is 5.02 Å². The quantitative estimate of drug-likeness (QED) is 0.518. The molecule has 1 N–H and O–H groups in total. The van der Waals surface area contributed by atoms with Gasteiger partial charge in [0.1, 0.15) is 5.75 Å². The van der Waals surface area contributed by atoms with Gasteiger partial charge in [-0.3, -0.25) is 5.43 Å². The molecule has 0 aliphatic heterocycles. The van der Waals surface area contributed by atoms with Crippen molar-refractivity contribution in [2.75, 3.05) is 12.0 Å². The van der Waals surface area contributed by atoms with E-state index in [9.17, 15) is 0 Å². The van der Waals surface area contributed by atoms with Crippen molar-refractivity contribution >= 4 is 39.4 Å². The van der Waals surface area contributed by atoms with Gasteiger partial charge in [0.05, 0.1) is 23.0 Å². The van der Waals surface area contributed by atoms with Crippen LogP contribution in [-0.2, 0) is 0 Å². The van der Waals surface area contributed by atoms with Gasteiger partial charge in [0.2, 0.25) is 0 Å². The molecule has 0 bridgehead atoms. The normalized spacial score (nSPS) is 10.9. The Hall–Kier alpha value is -1.52. The summed E-state index contributed by atoms with van der Waals surface area (Å²) in [4.78, 5) is 0. The topological polar surface area (TPSA) is 33.6 Å². The van der Waals surface area contributed by atoms with Crippen LogP contribution in [0.15, 0.2) is 46.0 Å². The number of hydrogen-bond donors (Lipinski definition) is 1. The van der Waals surface area contributed by atoms with E-state index < -0.39 is 0 Å². The second-order valence-electron chi connectivity index (χ2n) is 4.87. The highest BCUT2D eigenvalue weighted by molar-refractivity contribution is 9.10. The van der Waals surface area contributed by atoms with Gasteiger partial charge in [-0.2, -0.15) is 5.10 Å². The first-order chi connectivity index (χ1) is 10.6. The van der Waals surface area contributed by atoms with E-state index in [-0.39, 0.29) is 0 Å². The van der Waals surface area contributed by atoms with Crippen molar-refractivity contribution in [2.45, 2.75) is 20.3 Å². The fourth-order valence-corrected chi connectivity index (χ4v) is 2.46. The Morgan fingerprint density at radius 2 is 2.09 bits per heavy atom. The Bertz CT molecular complexity index is 674. The van der Waals surface area contributed by atoms with Crippen molar-refractivity contribution in [1.29, 1.82) is 0 Å². The molecule has 0 saturated heterocycles. The summed E-state index contributed by atoms with van der Waals surface area (Å²) < 4.78 is 6.54. The number of hydrazone groups is 1. The van der Waals surface area contributed by atoms with Crippen LogP contribution in [0.1, 0.15) is 24.5 Å². The van der Waals surface area contributed by atoms with Gasteiger partial charge in [-0.25, -0.2) is 0 Å². The predicted octanol–water partition coefficient (Wildman–Crippen LogP) is 5.65. The second kappa shape index (κ2) is 8.20. The van der Waals surface area contributed by atoms with Crippen LogP contribution in [0.2, 0.25) is 5.02 Å². The molecular weight excluding hydrogens is 364 g/mol. The van der Waals surface area contributed by atoms with E-state index in [0.29, 0.717) is 6.61 Å². The highest BCUT2D eigenvalue weighted by Crippen LogP contribution is 2.25. The van der Waals surface area contributed by atoms with Crippen molar-refractivity contribution in [3.8, 4) is 5.75 Å². The van der Waals surface area contributed by atoms with Gasteiger partial charge >= 0.3 is 0 Å². The average molecular weight is 382 g/mol. The third-order valence-corrected chi connectivity index (χ3v) is 4.02. The van der Waals surface area contributed by atoms with E-state index in [1.54, 1.807) is 6.21 Å². The van der Waals surface area contributed by atoms with E-state index in [1.807, 2.05) is 43.3 Å². The van der Waals surface area contributed by atoms with Crippen LogP contribution < -0.4 is 10.2 Å². The predicted molar refractivity (Wildman–Crippen MR) is 97.3 cm³/mol. The van der Waals surface area contributed by atoms with Crippen molar-refractivity contribution in [3.63, 3.8) is 0 Å². The number of nitrogens with zero attached hydrogens (tertiary/aromatic N) is 1. The van der Waals surface area contributed by atoms with Gasteiger partial charge in [0.15, 0.2) is 0 Å². The van der Waals surface area contributed by atoms with Gasteiger partial charge in [-0.15, -0.1) is 0 Å². The number of halogens is 2. The molecule has 2 aromatic rings. The Labute approximate surface area is 144 Å². The first kappa shape index (κ1) is 16.8. The van der Waals surface area contributed by atoms with Crippen LogP contribution in [0.25, 0.3) is 0 Å². The molecule has 2 aromatic carbocycles. The summed E-state index contributed by atoms with van der Waals surface area (Å²) in [6, 6.07) is 11.6. The maximum Gasteiger partial charge on any atom is 0.133 e. The summed E-state index contributed by atoms with van der Waals surface area (Å²) in [5.41, 5.74) is 5.84. The van der Waals surface area contributed by atoms with Gasteiger partial charge in [-0.05, 0) is 70.7 Å². The monoisotopic (exact) mass is 380 g/mol. The highest BCUT2D eigenvalue weighted by Gasteiger charge is 2.01. The van der Waals surface area contributed by atoms with Crippen molar-refractivity contribution < 1.29 is 4.74 Å². The first-order valence-electron chi connectivity index (χ1n) is 7.07. The molecule has 0 saturated carbocycles. The van der Waals surface area contributed by atoms with E-state index >= 15 is 0 Å². The molecule has 3 nitrogen and oxygen atoms in total. The van der Waals surface area contributed by atoms with Gasteiger partial charge in [-0.1, -0.05) is 24.6 Å². The summed E-state index contributed by atoms with van der Waals surface area (Å²) in [7, 11) is 0. The van der Waals surface area contributed by atoms with Crippen LogP contribution in [0.5, 0.6) is 5.75 Å². The molecule has 0 aromatic heterocycles. The number of anilines is 1. The number of benzene rings is 2. The highest BCUT2D eigenvalue weighted by atomic mass is 79.9. The lowest BCUT2D eigenvalue weighted by molar-refractivity contribution is 0.315. The van der Waals surface area contributed by atoms with E-state index in [1.165, 1.54) is 0 Å². The summed E-state index contributed by atoms with van der Waals surface area (Å²) in [5, 5.41) is 4.94. The van der Waals surface area contributed by atoms with Crippen molar-refractivity contribution in [2.24, 2.45) is 5.10 Å². The zero-order chi connectivity index (χ0) is 15.9. The summed E-state index contributed by atoms with van der Waals surface area (Å²) >= 11 is 9.58. The lowest BCUT2D eigenvalue weighted by Crippen LogP contribution is -1.96. The largest absolute Gasteiger partial charge is 0.492 e. The number of rotatable bonds is 6. The number of hydrogen-bond acceptors (Lipinski definition) is 3. The molecule has 5 heteroatoms. The number of ether oxygens (including phenoxy) is 1. The fourth-order valence-electron chi connectivity index (χ4n) is 1.77. The van der Waals surface area contributed by atoms with Crippen LogP contribution in [0.3, 0.4) is 0 Å². The van der Waals surface area contributed by atoms with Crippen LogP contribution in [-0.4, -0.2) is 12.8 Å². The average Bonchev–Trinajstić information content (AvgIpc) is 2.50. The zero-order valence-corrected chi connectivity index (χ0v) is 14.9. The maximum atomic E-state index is 6.08. The Kier molecular flexibility index (Phi) is 6.28. The number of nitrogens with one attached hydrogen (secondary N) is 1. The van der Waals surface area contributed by atoms with Gasteiger partial charge in [0.25, 0.3) is 0 Å². The third kappa shape index (κ3) is 4.75. The first-order valence-corrected chi connectivity index (χ1v) is 8.25. The van der Waals surface area contributed by atoms with Crippen LogP contribution in [0, 0.1) is 6.92 Å². The van der Waals surface area contributed by atoms with Crippen molar-refractivity contribution in [3.05, 3.63) is 57.0 Å². The minimum Gasteiger partial charge on any atom is -0.492 e.